The molecule has 0 heterocycles. The van der Waals surface area contributed by atoms with Crippen LogP contribution in [0.25, 0.3) is 0 Å². The number of ether oxygens (including phenoxy) is 1. The van der Waals surface area contributed by atoms with Gasteiger partial charge in [-0.15, -0.1) is 0 Å². The summed E-state index contributed by atoms with van der Waals surface area (Å²) in [5.74, 6) is -0.0291. The molecule has 0 saturated carbocycles. The minimum absolute atomic E-state index is 0.0291. The first-order chi connectivity index (χ1) is 12.2. The molecule has 0 N–H and O–H groups in total. The topological polar surface area (TPSA) is 29.5 Å². The number of hydrogen-bond acceptors (Lipinski definition) is 3. The normalized spacial score (nSPS) is 11.2. The van der Waals surface area contributed by atoms with Crippen LogP contribution in [0, 0.1) is 0 Å². The second kappa shape index (κ2) is 19.8. The lowest BCUT2D eigenvalue weighted by Gasteiger charge is -2.21. The second-order valence-corrected chi connectivity index (χ2v) is 7.39. The number of unbranched alkanes of at least 4 members (excludes halogenated alkanes) is 11. The number of nitrogens with zero attached hydrogens (tertiary/aromatic N) is 1. The number of carbonyl (C=O) groups is 1. The smallest absolute Gasteiger partial charge is 0.320 e. The average Bonchev–Trinajstić information content (AvgIpc) is 2.61. The fourth-order valence-corrected chi connectivity index (χ4v) is 3.09. The Balaban J connectivity index is 3.97. The Hall–Kier alpha value is -0.570. The molecule has 0 aliphatic rings. The molecule has 0 aromatic rings. The number of rotatable bonds is 19. The zero-order chi connectivity index (χ0) is 18.6. The molecule has 25 heavy (non-hydrogen) atoms. The highest BCUT2D eigenvalue weighted by Crippen LogP contribution is 2.08. The molecule has 0 bridgehead atoms. The van der Waals surface area contributed by atoms with Crippen molar-refractivity contribution in [2.75, 3.05) is 26.2 Å². The first-order valence-electron chi connectivity index (χ1n) is 11.1. The Morgan fingerprint density at radius 2 is 1.08 bits per heavy atom. The fourth-order valence-electron chi connectivity index (χ4n) is 3.09. The summed E-state index contributed by atoms with van der Waals surface area (Å²) in [5.41, 5.74) is 0. The van der Waals surface area contributed by atoms with Gasteiger partial charge in [0.1, 0.15) is 0 Å². The average molecular weight is 356 g/mol. The van der Waals surface area contributed by atoms with Crippen molar-refractivity contribution in [3.05, 3.63) is 0 Å². The summed E-state index contributed by atoms with van der Waals surface area (Å²) in [5, 5.41) is 0. The van der Waals surface area contributed by atoms with E-state index in [1.165, 1.54) is 83.5 Å². The fraction of sp³-hybridized carbons (Fsp3) is 0.955. The van der Waals surface area contributed by atoms with Gasteiger partial charge in [0, 0.05) is 0 Å². The van der Waals surface area contributed by atoms with Gasteiger partial charge in [0.2, 0.25) is 0 Å². The molecule has 0 rings (SSSR count). The molecule has 0 aliphatic heterocycles. The Labute approximate surface area is 157 Å². The van der Waals surface area contributed by atoms with Crippen molar-refractivity contribution in [3.8, 4) is 0 Å². The molecule has 0 atom stereocenters. The lowest BCUT2D eigenvalue weighted by Crippen LogP contribution is -2.33. The molecule has 3 nitrogen and oxygen atoms in total. The number of carbonyl (C=O) groups excluding carboxylic acids is 1. The standard InChI is InChI=1S/C22H45NO2/c1-4-7-10-13-15-18-23(19-16-14-11-8-5-2)21-22(24)25-20-17-12-9-6-3/h4-21H2,1-3H3. The molecule has 0 aliphatic carbocycles. The van der Waals surface area contributed by atoms with Crippen LogP contribution in [0.5, 0.6) is 0 Å². The molecule has 0 unspecified atom stereocenters. The van der Waals surface area contributed by atoms with Gasteiger partial charge in [0.15, 0.2) is 0 Å². The Morgan fingerprint density at radius 3 is 1.56 bits per heavy atom. The lowest BCUT2D eigenvalue weighted by molar-refractivity contribution is -0.145. The summed E-state index contributed by atoms with van der Waals surface area (Å²) in [6.45, 7) is 9.86. The first kappa shape index (κ1) is 24.4. The van der Waals surface area contributed by atoms with Gasteiger partial charge in [-0.3, -0.25) is 9.69 Å². The molecule has 0 saturated heterocycles. The summed E-state index contributed by atoms with van der Waals surface area (Å²) in [4.78, 5) is 14.4. The van der Waals surface area contributed by atoms with E-state index in [0.717, 1.165) is 19.5 Å². The highest BCUT2D eigenvalue weighted by molar-refractivity contribution is 5.71. The largest absolute Gasteiger partial charge is 0.465 e. The highest BCUT2D eigenvalue weighted by atomic mass is 16.5. The minimum Gasteiger partial charge on any atom is -0.465 e. The zero-order valence-corrected chi connectivity index (χ0v) is 17.5. The summed E-state index contributed by atoms with van der Waals surface area (Å²) in [7, 11) is 0. The molecular formula is C22H45NO2. The van der Waals surface area contributed by atoms with E-state index >= 15 is 0 Å². The van der Waals surface area contributed by atoms with Crippen LogP contribution < -0.4 is 0 Å². The third-order valence-electron chi connectivity index (χ3n) is 4.77. The van der Waals surface area contributed by atoms with E-state index in [4.69, 9.17) is 4.74 Å². The molecule has 0 radical (unpaired) electrons. The Bertz CT molecular complexity index is 267. The van der Waals surface area contributed by atoms with Crippen LogP contribution >= 0.6 is 0 Å². The molecule has 150 valence electrons. The van der Waals surface area contributed by atoms with Crippen LogP contribution in [0.3, 0.4) is 0 Å². The zero-order valence-electron chi connectivity index (χ0n) is 17.5. The summed E-state index contributed by atoms with van der Waals surface area (Å²) < 4.78 is 5.43. The van der Waals surface area contributed by atoms with Gasteiger partial charge in [0.05, 0.1) is 13.2 Å². The van der Waals surface area contributed by atoms with Crippen molar-refractivity contribution in [2.45, 2.75) is 111 Å². The molecular weight excluding hydrogens is 310 g/mol. The van der Waals surface area contributed by atoms with Gasteiger partial charge in [-0.1, -0.05) is 91.4 Å². The minimum atomic E-state index is -0.0291. The highest BCUT2D eigenvalue weighted by Gasteiger charge is 2.11. The third kappa shape index (κ3) is 18.0. The van der Waals surface area contributed by atoms with E-state index in [2.05, 4.69) is 25.7 Å². The van der Waals surface area contributed by atoms with Crippen molar-refractivity contribution in [2.24, 2.45) is 0 Å². The molecule has 0 fully saturated rings. The quantitative estimate of drug-likeness (QED) is 0.200. The monoisotopic (exact) mass is 355 g/mol. The van der Waals surface area contributed by atoms with E-state index in [1.807, 2.05) is 0 Å². The van der Waals surface area contributed by atoms with Gasteiger partial charge >= 0.3 is 5.97 Å². The van der Waals surface area contributed by atoms with Crippen molar-refractivity contribution in [1.29, 1.82) is 0 Å². The predicted octanol–water partition coefficient (Wildman–Crippen LogP) is 6.35. The molecule has 0 amide bonds. The van der Waals surface area contributed by atoms with E-state index in [-0.39, 0.29) is 5.97 Å². The number of hydrogen-bond donors (Lipinski definition) is 0. The summed E-state index contributed by atoms with van der Waals surface area (Å²) in [6.07, 6.45) is 17.5. The maximum absolute atomic E-state index is 12.1. The molecule has 0 aromatic carbocycles. The van der Waals surface area contributed by atoms with Crippen LogP contribution in [0.1, 0.15) is 111 Å². The van der Waals surface area contributed by atoms with Gasteiger partial charge in [0.25, 0.3) is 0 Å². The Kier molecular flexibility index (Phi) is 19.3. The maximum Gasteiger partial charge on any atom is 0.320 e. The van der Waals surface area contributed by atoms with Crippen molar-refractivity contribution < 1.29 is 9.53 Å². The summed E-state index contributed by atoms with van der Waals surface area (Å²) in [6, 6.07) is 0. The van der Waals surface area contributed by atoms with Gasteiger partial charge in [-0.25, -0.2) is 0 Å². The Morgan fingerprint density at radius 1 is 0.640 bits per heavy atom. The molecule has 3 heteroatoms. The summed E-state index contributed by atoms with van der Waals surface area (Å²) >= 11 is 0. The number of esters is 1. The van der Waals surface area contributed by atoms with Gasteiger partial charge < -0.3 is 4.74 Å². The van der Waals surface area contributed by atoms with Crippen LogP contribution in [0.4, 0.5) is 0 Å². The van der Waals surface area contributed by atoms with Crippen molar-refractivity contribution >= 4 is 5.97 Å². The predicted molar refractivity (Wildman–Crippen MR) is 109 cm³/mol. The van der Waals surface area contributed by atoms with Crippen LogP contribution in [0.2, 0.25) is 0 Å². The first-order valence-corrected chi connectivity index (χ1v) is 11.1. The van der Waals surface area contributed by atoms with E-state index < -0.39 is 0 Å². The van der Waals surface area contributed by atoms with E-state index in [9.17, 15) is 4.79 Å². The van der Waals surface area contributed by atoms with Crippen LogP contribution in [-0.4, -0.2) is 37.1 Å². The van der Waals surface area contributed by atoms with Crippen LogP contribution in [0.15, 0.2) is 0 Å². The SMILES string of the molecule is CCCCCCCN(CCCCCCC)CC(=O)OCCCCCC. The van der Waals surface area contributed by atoms with E-state index in [0.29, 0.717) is 13.2 Å². The van der Waals surface area contributed by atoms with Crippen molar-refractivity contribution in [3.63, 3.8) is 0 Å². The molecule has 0 aromatic heterocycles. The second-order valence-electron chi connectivity index (χ2n) is 7.39. The van der Waals surface area contributed by atoms with Gasteiger partial charge in [-0.05, 0) is 32.4 Å². The maximum atomic E-state index is 12.1. The third-order valence-corrected chi connectivity index (χ3v) is 4.77. The lowest BCUT2D eigenvalue weighted by atomic mass is 10.1. The van der Waals surface area contributed by atoms with Crippen LogP contribution in [-0.2, 0) is 9.53 Å². The van der Waals surface area contributed by atoms with E-state index in [1.54, 1.807) is 0 Å². The molecule has 0 spiro atoms. The van der Waals surface area contributed by atoms with Crippen molar-refractivity contribution in [1.82, 2.24) is 4.90 Å². The van der Waals surface area contributed by atoms with Gasteiger partial charge in [-0.2, -0.15) is 0 Å².